The third-order valence-corrected chi connectivity index (χ3v) is 3.45. The lowest BCUT2D eigenvalue weighted by Gasteiger charge is -2.23. The van der Waals surface area contributed by atoms with E-state index >= 15 is 0 Å². The van der Waals surface area contributed by atoms with Crippen LogP contribution in [-0.4, -0.2) is 40.8 Å². The zero-order valence-electron chi connectivity index (χ0n) is 13.2. The predicted octanol–water partition coefficient (Wildman–Crippen LogP) is 2.22. The lowest BCUT2D eigenvalue weighted by Crippen LogP contribution is -2.35. The number of rotatable bonds is 8. The van der Waals surface area contributed by atoms with Crippen LogP contribution in [0.1, 0.15) is 18.2 Å². The molecule has 120 valence electrons. The molecule has 2 aromatic rings. The molecular weight excluding hydrogens is 290 g/mol. The van der Waals surface area contributed by atoms with Crippen LogP contribution in [0.15, 0.2) is 48.7 Å². The Morgan fingerprint density at radius 3 is 2.65 bits per heavy atom. The summed E-state index contributed by atoms with van der Waals surface area (Å²) in [7, 11) is 0. The molecule has 2 rings (SSSR count). The number of nitriles is 1. The Kier molecular flexibility index (Phi) is 6.55. The Labute approximate surface area is 136 Å². The lowest BCUT2D eigenvalue weighted by atomic mass is 10.2. The van der Waals surface area contributed by atoms with E-state index in [-0.39, 0.29) is 6.61 Å². The van der Waals surface area contributed by atoms with E-state index < -0.39 is 6.10 Å². The fourth-order valence-electron chi connectivity index (χ4n) is 2.20. The van der Waals surface area contributed by atoms with Crippen molar-refractivity contribution in [2.45, 2.75) is 19.6 Å². The number of benzene rings is 1. The molecule has 5 heteroatoms. The highest BCUT2D eigenvalue weighted by Crippen LogP contribution is 2.12. The summed E-state index contributed by atoms with van der Waals surface area (Å²) < 4.78 is 5.56. The van der Waals surface area contributed by atoms with Gasteiger partial charge < -0.3 is 9.84 Å². The summed E-state index contributed by atoms with van der Waals surface area (Å²) in [5.74, 6) is 0.649. The van der Waals surface area contributed by atoms with E-state index in [1.54, 1.807) is 30.5 Å². The smallest absolute Gasteiger partial charge is 0.119 e. The average Bonchev–Trinajstić information content (AvgIpc) is 2.60. The van der Waals surface area contributed by atoms with Crippen LogP contribution in [0.25, 0.3) is 0 Å². The normalized spacial score (nSPS) is 11.9. The van der Waals surface area contributed by atoms with E-state index in [2.05, 4.69) is 22.9 Å². The summed E-state index contributed by atoms with van der Waals surface area (Å²) in [4.78, 5) is 6.42. The van der Waals surface area contributed by atoms with Crippen molar-refractivity contribution in [1.82, 2.24) is 9.88 Å². The number of hydrogen-bond donors (Lipinski definition) is 1. The fourth-order valence-corrected chi connectivity index (χ4v) is 2.20. The Hall–Kier alpha value is -2.42. The molecule has 23 heavy (non-hydrogen) atoms. The SMILES string of the molecule is CCN(Cc1ccccn1)CC(O)COc1ccc(C#N)cc1. The third kappa shape index (κ3) is 5.70. The molecule has 1 aromatic heterocycles. The van der Waals surface area contributed by atoms with Crippen LogP contribution in [0, 0.1) is 11.3 Å². The quantitative estimate of drug-likeness (QED) is 0.809. The van der Waals surface area contributed by atoms with E-state index in [0.717, 1.165) is 12.2 Å². The molecule has 0 aliphatic heterocycles. The predicted molar refractivity (Wildman–Crippen MR) is 87.8 cm³/mol. The second kappa shape index (κ2) is 8.89. The van der Waals surface area contributed by atoms with E-state index in [4.69, 9.17) is 10.00 Å². The number of aliphatic hydroxyl groups excluding tert-OH is 1. The van der Waals surface area contributed by atoms with Crippen LogP contribution in [0.4, 0.5) is 0 Å². The van der Waals surface area contributed by atoms with Gasteiger partial charge in [-0.1, -0.05) is 13.0 Å². The number of ether oxygens (including phenoxy) is 1. The summed E-state index contributed by atoms with van der Waals surface area (Å²) in [6.45, 7) is 4.31. The minimum Gasteiger partial charge on any atom is -0.491 e. The Morgan fingerprint density at radius 2 is 2.04 bits per heavy atom. The van der Waals surface area contributed by atoms with Crippen molar-refractivity contribution in [1.29, 1.82) is 5.26 Å². The summed E-state index contributed by atoms with van der Waals surface area (Å²) in [6.07, 6.45) is 1.18. The molecule has 0 amide bonds. The van der Waals surface area contributed by atoms with E-state index in [1.807, 2.05) is 18.2 Å². The first-order chi connectivity index (χ1) is 11.2. The lowest BCUT2D eigenvalue weighted by molar-refractivity contribution is 0.0671. The second-order valence-electron chi connectivity index (χ2n) is 5.25. The van der Waals surface area contributed by atoms with Gasteiger partial charge >= 0.3 is 0 Å². The van der Waals surface area contributed by atoms with Crippen LogP contribution in [0.2, 0.25) is 0 Å². The summed E-state index contributed by atoms with van der Waals surface area (Å²) in [5.41, 5.74) is 1.57. The molecule has 1 unspecified atom stereocenters. The van der Waals surface area contributed by atoms with Gasteiger partial charge in [-0.2, -0.15) is 5.26 Å². The highest BCUT2D eigenvalue weighted by molar-refractivity contribution is 5.34. The molecule has 0 bridgehead atoms. The first kappa shape index (κ1) is 16.9. The van der Waals surface area contributed by atoms with Gasteiger partial charge in [0.1, 0.15) is 18.5 Å². The largest absolute Gasteiger partial charge is 0.491 e. The van der Waals surface area contributed by atoms with Crippen molar-refractivity contribution in [2.75, 3.05) is 19.7 Å². The second-order valence-corrected chi connectivity index (χ2v) is 5.25. The number of aliphatic hydroxyl groups is 1. The molecule has 0 saturated heterocycles. The van der Waals surface area contributed by atoms with Crippen LogP contribution in [0.5, 0.6) is 5.75 Å². The minimum atomic E-state index is -0.589. The number of pyridine rings is 1. The summed E-state index contributed by atoms with van der Waals surface area (Å²) in [5, 5.41) is 18.9. The maximum atomic E-state index is 10.2. The molecule has 0 aliphatic rings. The van der Waals surface area contributed by atoms with Crippen molar-refractivity contribution in [2.24, 2.45) is 0 Å². The maximum Gasteiger partial charge on any atom is 0.119 e. The van der Waals surface area contributed by atoms with Gasteiger partial charge in [-0.05, 0) is 42.9 Å². The molecule has 5 nitrogen and oxygen atoms in total. The van der Waals surface area contributed by atoms with Gasteiger partial charge in [-0.15, -0.1) is 0 Å². The molecule has 1 heterocycles. The van der Waals surface area contributed by atoms with Crippen molar-refractivity contribution in [3.63, 3.8) is 0 Å². The van der Waals surface area contributed by atoms with Crippen LogP contribution in [0.3, 0.4) is 0 Å². The molecule has 1 aromatic carbocycles. The fraction of sp³-hybridized carbons (Fsp3) is 0.333. The monoisotopic (exact) mass is 311 g/mol. The van der Waals surface area contributed by atoms with Crippen LogP contribution < -0.4 is 4.74 Å². The first-order valence-corrected chi connectivity index (χ1v) is 7.64. The molecule has 0 spiro atoms. The van der Waals surface area contributed by atoms with E-state index in [0.29, 0.717) is 24.4 Å². The van der Waals surface area contributed by atoms with Gasteiger partial charge in [0, 0.05) is 19.3 Å². The van der Waals surface area contributed by atoms with Crippen LogP contribution >= 0.6 is 0 Å². The summed E-state index contributed by atoms with van der Waals surface area (Å²) >= 11 is 0. The van der Waals surface area contributed by atoms with Crippen molar-refractivity contribution < 1.29 is 9.84 Å². The van der Waals surface area contributed by atoms with Crippen molar-refractivity contribution in [3.8, 4) is 11.8 Å². The number of aromatic nitrogens is 1. The maximum absolute atomic E-state index is 10.2. The van der Waals surface area contributed by atoms with Gasteiger partial charge in [-0.3, -0.25) is 9.88 Å². The molecule has 0 saturated carbocycles. The average molecular weight is 311 g/mol. The van der Waals surface area contributed by atoms with E-state index in [1.165, 1.54) is 0 Å². The molecular formula is C18H21N3O2. The molecule has 0 fully saturated rings. The molecule has 1 N–H and O–H groups in total. The van der Waals surface area contributed by atoms with Gasteiger partial charge in [0.2, 0.25) is 0 Å². The van der Waals surface area contributed by atoms with Gasteiger partial charge in [0.05, 0.1) is 17.3 Å². The van der Waals surface area contributed by atoms with Gasteiger partial charge in [0.25, 0.3) is 0 Å². The molecule has 0 radical (unpaired) electrons. The van der Waals surface area contributed by atoms with Crippen LogP contribution in [-0.2, 0) is 6.54 Å². The zero-order chi connectivity index (χ0) is 16.5. The van der Waals surface area contributed by atoms with Gasteiger partial charge in [-0.25, -0.2) is 0 Å². The van der Waals surface area contributed by atoms with Gasteiger partial charge in [0.15, 0.2) is 0 Å². The Bertz CT molecular complexity index is 623. The Morgan fingerprint density at radius 1 is 1.26 bits per heavy atom. The van der Waals surface area contributed by atoms with Crippen molar-refractivity contribution in [3.05, 3.63) is 59.9 Å². The van der Waals surface area contributed by atoms with Crippen molar-refractivity contribution >= 4 is 0 Å². The Balaban J connectivity index is 1.80. The third-order valence-electron chi connectivity index (χ3n) is 3.45. The van der Waals surface area contributed by atoms with E-state index in [9.17, 15) is 5.11 Å². The topological polar surface area (TPSA) is 69.4 Å². The molecule has 0 aliphatic carbocycles. The zero-order valence-corrected chi connectivity index (χ0v) is 13.2. The molecule has 1 atom stereocenters. The minimum absolute atomic E-state index is 0.213. The number of nitrogens with zero attached hydrogens (tertiary/aromatic N) is 3. The highest BCUT2D eigenvalue weighted by atomic mass is 16.5. The standard InChI is InChI=1S/C18H21N3O2/c1-2-21(12-16-5-3-4-10-20-16)13-17(22)14-23-18-8-6-15(11-19)7-9-18/h3-10,17,22H,2,12-14H2,1H3. The number of likely N-dealkylation sites (N-methyl/N-ethyl adjacent to an activating group) is 1. The highest BCUT2D eigenvalue weighted by Gasteiger charge is 2.12. The summed E-state index contributed by atoms with van der Waals surface area (Å²) in [6, 6.07) is 14.7. The number of hydrogen-bond acceptors (Lipinski definition) is 5. The first-order valence-electron chi connectivity index (χ1n) is 7.64.